The Hall–Kier alpha value is -2.75. The third kappa shape index (κ3) is 2.60. The Bertz CT molecular complexity index is 763. The fourth-order valence-electron chi connectivity index (χ4n) is 2.30. The van der Waals surface area contributed by atoms with E-state index in [9.17, 15) is 4.79 Å². The van der Waals surface area contributed by atoms with E-state index in [4.69, 9.17) is 4.74 Å². The molecule has 0 radical (unpaired) electrons. The Balaban J connectivity index is 1.89. The van der Waals surface area contributed by atoms with Crippen LogP contribution in [0, 0.1) is 0 Å². The third-order valence-corrected chi connectivity index (χ3v) is 3.39. The fraction of sp³-hybridized carbons (Fsp3) is 0.118. The summed E-state index contributed by atoms with van der Waals surface area (Å²) in [5, 5.41) is 3.50. The first-order valence-corrected chi connectivity index (χ1v) is 6.78. The van der Waals surface area contributed by atoms with E-state index < -0.39 is 0 Å². The van der Waals surface area contributed by atoms with Crippen LogP contribution in [0.15, 0.2) is 54.7 Å². The molecule has 2 aromatic carbocycles. The summed E-state index contributed by atoms with van der Waals surface area (Å²) >= 11 is 0. The molecule has 1 amide bonds. The van der Waals surface area contributed by atoms with Crippen LogP contribution in [0.1, 0.15) is 15.9 Å². The first-order valence-electron chi connectivity index (χ1n) is 6.78. The lowest BCUT2D eigenvalue weighted by Crippen LogP contribution is -2.17. The van der Waals surface area contributed by atoms with Gasteiger partial charge in [-0.3, -0.25) is 4.79 Å². The van der Waals surface area contributed by atoms with E-state index in [2.05, 4.69) is 10.3 Å². The lowest BCUT2D eigenvalue weighted by Gasteiger charge is -2.07. The van der Waals surface area contributed by atoms with Crippen LogP contribution < -0.4 is 10.1 Å². The quantitative estimate of drug-likeness (QED) is 0.771. The molecule has 106 valence electrons. The molecule has 0 aliphatic carbocycles. The number of carbonyl (C=O) groups is 1. The van der Waals surface area contributed by atoms with Crippen LogP contribution in [0.3, 0.4) is 0 Å². The van der Waals surface area contributed by atoms with Gasteiger partial charge in [0.25, 0.3) is 5.91 Å². The molecule has 3 aromatic rings. The number of benzene rings is 2. The van der Waals surface area contributed by atoms with E-state index in [1.54, 1.807) is 13.2 Å². The topological polar surface area (TPSA) is 54.1 Å². The minimum atomic E-state index is -0.110. The number of fused-ring (bicyclic) bond motifs is 1. The number of hydrogen-bond acceptors (Lipinski definition) is 2. The highest BCUT2D eigenvalue weighted by Gasteiger charge is 2.13. The maximum atomic E-state index is 11.8. The number of aromatic nitrogens is 1. The Labute approximate surface area is 122 Å². The molecule has 21 heavy (non-hydrogen) atoms. The molecule has 0 bridgehead atoms. The van der Waals surface area contributed by atoms with Crippen molar-refractivity contribution in [2.75, 3.05) is 7.05 Å². The molecule has 0 aliphatic heterocycles. The predicted molar refractivity (Wildman–Crippen MR) is 82.5 cm³/mol. The summed E-state index contributed by atoms with van der Waals surface area (Å²) in [7, 11) is 1.62. The second-order valence-electron chi connectivity index (χ2n) is 4.73. The molecule has 3 rings (SSSR count). The minimum Gasteiger partial charge on any atom is -0.487 e. The lowest BCUT2D eigenvalue weighted by atomic mass is 10.1. The highest BCUT2D eigenvalue weighted by molar-refractivity contribution is 6.07. The number of para-hydroxylation sites is 1. The van der Waals surface area contributed by atoms with Crippen molar-refractivity contribution in [1.29, 1.82) is 0 Å². The fourth-order valence-corrected chi connectivity index (χ4v) is 2.30. The lowest BCUT2D eigenvalue weighted by molar-refractivity contribution is 0.0965. The molecule has 0 saturated heterocycles. The van der Waals surface area contributed by atoms with Crippen LogP contribution in [-0.4, -0.2) is 17.9 Å². The van der Waals surface area contributed by atoms with Crippen molar-refractivity contribution in [3.63, 3.8) is 0 Å². The summed E-state index contributed by atoms with van der Waals surface area (Å²) in [4.78, 5) is 14.9. The number of ether oxygens (including phenoxy) is 1. The van der Waals surface area contributed by atoms with Crippen molar-refractivity contribution in [2.24, 2.45) is 0 Å². The third-order valence-electron chi connectivity index (χ3n) is 3.39. The van der Waals surface area contributed by atoms with Crippen LogP contribution in [0.4, 0.5) is 0 Å². The molecule has 4 nitrogen and oxygen atoms in total. The van der Waals surface area contributed by atoms with Crippen LogP contribution in [0.25, 0.3) is 10.9 Å². The summed E-state index contributed by atoms with van der Waals surface area (Å²) < 4.78 is 5.87. The summed E-state index contributed by atoms with van der Waals surface area (Å²) in [5.74, 6) is 0.632. The first kappa shape index (κ1) is 13.2. The monoisotopic (exact) mass is 280 g/mol. The summed E-state index contributed by atoms with van der Waals surface area (Å²) in [6.07, 6.45) is 1.71. The molecule has 4 heteroatoms. The zero-order chi connectivity index (χ0) is 14.7. The summed E-state index contributed by atoms with van der Waals surface area (Å²) in [6.45, 7) is 0.494. The number of aromatic amines is 1. The number of H-pyrrole nitrogens is 1. The molecule has 0 saturated carbocycles. The van der Waals surface area contributed by atoms with E-state index >= 15 is 0 Å². The van der Waals surface area contributed by atoms with Gasteiger partial charge in [-0.05, 0) is 11.6 Å². The highest BCUT2D eigenvalue weighted by atomic mass is 16.5. The largest absolute Gasteiger partial charge is 0.487 e. The molecular formula is C17H16N2O2. The van der Waals surface area contributed by atoms with Gasteiger partial charge in [-0.25, -0.2) is 0 Å². The Kier molecular flexibility index (Phi) is 3.60. The molecule has 1 aromatic heterocycles. The molecule has 0 fully saturated rings. The molecule has 2 N–H and O–H groups in total. The zero-order valence-electron chi connectivity index (χ0n) is 11.7. The van der Waals surface area contributed by atoms with Gasteiger partial charge in [0.1, 0.15) is 12.4 Å². The molecule has 0 unspecified atom stereocenters. The van der Waals surface area contributed by atoms with Gasteiger partial charge in [0.05, 0.1) is 11.1 Å². The molecule has 0 aliphatic rings. The molecule has 0 spiro atoms. The van der Waals surface area contributed by atoms with E-state index in [-0.39, 0.29) is 5.91 Å². The molecule has 1 heterocycles. The second kappa shape index (κ2) is 5.71. The van der Waals surface area contributed by atoms with Crippen molar-refractivity contribution in [2.45, 2.75) is 6.61 Å². The average Bonchev–Trinajstić information content (AvgIpc) is 2.97. The molecular weight excluding hydrogens is 264 g/mol. The van der Waals surface area contributed by atoms with Gasteiger partial charge in [0.2, 0.25) is 0 Å². The van der Waals surface area contributed by atoms with Gasteiger partial charge in [-0.1, -0.05) is 42.5 Å². The van der Waals surface area contributed by atoms with Crippen molar-refractivity contribution >= 4 is 16.8 Å². The highest BCUT2D eigenvalue weighted by Crippen LogP contribution is 2.27. The van der Waals surface area contributed by atoms with E-state index in [1.807, 2.05) is 48.5 Å². The summed E-state index contributed by atoms with van der Waals surface area (Å²) in [6, 6.07) is 15.7. The predicted octanol–water partition coefficient (Wildman–Crippen LogP) is 3.11. The van der Waals surface area contributed by atoms with Crippen molar-refractivity contribution in [1.82, 2.24) is 10.3 Å². The number of hydrogen-bond donors (Lipinski definition) is 2. The van der Waals surface area contributed by atoms with Crippen molar-refractivity contribution in [3.8, 4) is 5.75 Å². The van der Waals surface area contributed by atoms with E-state index in [0.717, 1.165) is 22.2 Å². The van der Waals surface area contributed by atoms with Crippen LogP contribution in [0.2, 0.25) is 0 Å². The van der Waals surface area contributed by atoms with Gasteiger partial charge in [0.15, 0.2) is 0 Å². The standard InChI is InChI=1S/C17H16N2O2/c1-18-17(20)14-10-19-16-13(14)8-5-9-15(16)21-11-12-6-3-2-4-7-12/h2-10,19H,11H2,1H3,(H,18,20). The average molecular weight is 280 g/mol. The van der Waals surface area contributed by atoms with Gasteiger partial charge >= 0.3 is 0 Å². The minimum absolute atomic E-state index is 0.110. The number of carbonyl (C=O) groups excluding carboxylic acids is 1. The van der Waals surface area contributed by atoms with E-state index in [0.29, 0.717) is 12.2 Å². The molecule has 0 atom stereocenters. The van der Waals surface area contributed by atoms with Gasteiger partial charge in [-0.15, -0.1) is 0 Å². The number of rotatable bonds is 4. The van der Waals surface area contributed by atoms with Crippen LogP contribution in [0.5, 0.6) is 5.75 Å². The first-order chi connectivity index (χ1) is 10.3. The SMILES string of the molecule is CNC(=O)c1c[nH]c2c(OCc3ccccc3)cccc12. The summed E-state index contributed by atoms with van der Waals surface area (Å²) in [5.41, 5.74) is 2.57. The van der Waals surface area contributed by atoms with Gasteiger partial charge in [0, 0.05) is 18.6 Å². The maximum absolute atomic E-state index is 11.8. The van der Waals surface area contributed by atoms with Crippen LogP contribution >= 0.6 is 0 Å². The number of amides is 1. The Morgan fingerprint density at radius 3 is 2.71 bits per heavy atom. The van der Waals surface area contributed by atoms with Gasteiger partial charge < -0.3 is 15.0 Å². The Morgan fingerprint density at radius 2 is 1.95 bits per heavy atom. The van der Waals surface area contributed by atoms with Crippen molar-refractivity contribution in [3.05, 3.63) is 65.9 Å². The maximum Gasteiger partial charge on any atom is 0.253 e. The number of nitrogens with one attached hydrogen (secondary N) is 2. The van der Waals surface area contributed by atoms with E-state index in [1.165, 1.54) is 0 Å². The van der Waals surface area contributed by atoms with Gasteiger partial charge in [-0.2, -0.15) is 0 Å². The van der Waals surface area contributed by atoms with Crippen molar-refractivity contribution < 1.29 is 9.53 Å². The smallest absolute Gasteiger partial charge is 0.253 e. The normalized spacial score (nSPS) is 10.5. The Morgan fingerprint density at radius 1 is 1.14 bits per heavy atom. The second-order valence-corrected chi connectivity index (χ2v) is 4.73. The zero-order valence-corrected chi connectivity index (χ0v) is 11.7. The van der Waals surface area contributed by atoms with Crippen LogP contribution in [-0.2, 0) is 6.61 Å².